The fourth-order valence-electron chi connectivity index (χ4n) is 1.94. The molecule has 0 spiro atoms. The van der Waals surface area contributed by atoms with Gasteiger partial charge in [-0.1, -0.05) is 33.8 Å². The van der Waals surface area contributed by atoms with Crippen LogP contribution in [0.4, 0.5) is 0 Å². The molecule has 0 saturated heterocycles. The fraction of sp³-hybridized carbons (Fsp3) is 0.611. The van der Waals surface area contributed by atoms with Gasteiger partial charge < -0.3 is 4.74 Å². The SMILES string of the molecule is CC(C)/C=C/C(=O)CCCOCCn1cc(C(=O)C(C)C)cn1. The smallest absolute Gasteiger partial charge is 0.168 e. The van der Waals surface area contributed by atoms with Crippen LogP contribution < -0.4 is 0 Å². The largest absolute Gasteiger partial charge is 0.380 e. The Kier molecular flexibility index (Phi) is 8.48. The van der Waals surface area contributed by atoms with E-state index in [2.05, 4.69) is 5.10 Å². The van der Waals surface area contributed by atoms with E-state index in [0.717, 1.165) is 6.42 Å². The van der Waals surface area contributed by atoms with Gasteiger partial charge in [0, 0.05) is 25.1 Å². The Morgan fingerprint density at radius 1 is 1.26 bits per heavy atom. The minimum Gasteiger partial charge on any atom is -0.380 e. The van der Waals surface area contributed by atoms with Crippen molar-refractivity contribution in [2.45, 2.75) is 47.1 Å². The summed E-state index contributed by atoms with van der Waals surface area (Å²) >= 11 is 0. The van der Waals surface area contributed by atoms with Gasteiger partial charge in [-0.05, 0) is 18.4 Å². The van der Waals surface area contributed by atoms with Crippen LogP contribution in [0.1, 0.15) is 50.9 Å². The molecule has 0 saturated carbocycles. The van der Waals surface area contributed by atoms with Gasteiger partial charge >= 0.3 is 0 Å². The Morgan fingerprint density at radius 2 is 2.00 bits per heavy atom. The first-order chi connectivity index (χ1) is 10.9. The third-order valence-electron chi connectivity index (χ3n) is 3.29. The molecule has 5 heteroatoms. The van der Waals surface area contributed by atoms with Crippen molar-refractivity contribution in [3.05, 3.63) is 30.1 Å². The molecular weight excluding hydrogens is 292 g/mol. The molecule has 1 rings (SSSR count). The minimum atomic E-state index is -0.0221. The molecule has 0 amide bonds. The van der Waals surface area contributed by atoms with Crippen molar-refractivity contribution < 1.29 is 14.3 Å². The minimum absolute atomic E-state index is 0.0221. The van der Waals surface area contributed by atoms with Gasteiger partial charge in [-0.3, -0.25) is 14.3 Å². The van der Waals surface area contributed by atoms with E-state index in [1.54, 1.807) is 23.2 Å². The molecule has 1 aromatic heterocycles. The molecule has 1 aromatic rings. The Hall–Kier alpha value is -1.75. The first-order valence-electron chi connectivity index (χ1n) is 8.25. The van der Waals surface area contributed by atoms with E-state index >= 15 is 0 Å². The average Bonchev–Trinajstić information content (AvgIpc) is 2.96. The third-order valence-corrected chi connectivity index (χ3v) is 3.29. The summed E-state index contributed by atoms with van der Waals surface area (Å²) in [6, 6.07) is 0. The third kappa shape index (κ3) is 7.88. The molecule has 0 unspecified atom stereocenters. The molecule has 0 N–H and O–H groups in total. The van der Waals surface area contributed by atoms with E-state index < -0.39 is 0 Å². The van der Waals surface area contributed by atoms with Crippen LogP contribution in [0.15, 0.2) is 24.5 Å². The molecule has 0 fully saturated rings. The van der Waals surface area contributed by atoms with E-state index in [1.165, 1.54) is 0 Å². The standard InChI is InChI=1S/C18H28N2O3/c1-14(2)7-8-17(21)6-5-10-23-11-9-20-13-16(12-19-20)18(22)15(3)4/h7-8,12-15H,5-6,9-11H2,1-4H3/b8-7+. The molecule has 128 valence electrons. The van der Waals surface area contributed by atoms with Gasteiger partial charge in [-0.2, -0.15) is 5.10 Å². The zero-order valence-electron chi connectivity index (χ0n) is 14.6. The summed E-state index contributed by atoms with van der Waals surface area (Å²) in [5.41, 5.74) is 0.641. The van der Waals surface area contributed by atoms with Crippen LogP contribution in [0.2, 0.25) is 0 Å². The number of aromatic nitrogens is 2. The number of hydrogen-bond acceptors (Lipinski definition) is 4. The van der Waals surface area contributed by atoms with Gasteiger partial charge in [0.15, 0.2) is 11.6 Å². The Bertz CT molecular complexity index is 530. The number of Topliss-reactive ketones (excluding diaryl/α,β-unsaturated/α-hetero) is 1. The molecule has 23 heavy (non-hydrogen) atoms. The van der Waals surface area contributed by atoms with Crippen LogP contribution in [-0.4, -0.2) is 34.6 Å². The second-order valence-corrected chi connectivity index (χ2v) is 6.30. The maximum atomic E-state index is 11.8. The molecule has 0 aliphatic carbocycles. The number of ketones is 2. The topological polar surface area (TPSA) is 61.2 Å². The maximum absolute atomic E-state index is 11.8. The lowest BCUT2D eigenvalue weighted by Crippen LogP contribution is -2.09. The average molecular weight is 320 g/mol. The second kappa shape index (κ2) is 10.1. The number of carbonyl (C=O) groups excluding carboxylic acids is 2. The van der Waals surface area contributed by atoms with E-state index in [-0.39, 0.29) is 17.5 Å². The molecule has 0 aliphatic heterocycles. The first kappa shape index (κ1) is 19.3. The Labute approximate surface area is 138 Å². The van der Waals surface area contributed by atoms with Crippen molar-refractivity contribution in [3.63, 3.8) is 0 Å². The highest BCUT2D eigenvalue weighted by Gasteiger charge is 2.12. The van der Waals surface area contributed by atoms with E-state index in [0.29, 0.717) is 37.7 Å². The van der Waals surface area contributed by atoms with Crippen LogP contribution in [-0.2, 0) is 16.1 Å². The number of allylic oxidation sites excluding steroid dienone is 2. The number of rotatable bonds is 11. The molecule has 0 aliphatic rings. The van der Waals surface area contributed by atoms with Gasteiger partial charge in [-0.15, -0.1) is 0 Å². The summed E-state index contributed by atoms with van der Waals surface area (Å²) in [6.45, 7) is 9.52. The molecule has 0 bridgehead atoms. The van der Waals surface area contributed by atoms with Gasteiger partial charge in [0.25, 0.3) is 0 Å². The molecule has 5 nitrogen and oxygen atoms in total. The second-order valence-electron chi connectivity index (χ2n) is 6.30. The van der Waals surface area contributed by atoms with Crippen molar-refractivity contribution in [3.8, 4) is 0 Å². The number of carbonyl (C=O) groups is 2. The molecule has 0 aromatic carbocycles. The summed E-state index contributed by atoms with van der Waals surface area (Å²) in [6.07, 6.45) is 8.15. The van der Waals surface area contributed by atoms with Gasteiger partial charge in [0.1, 0.15) is 0 Å². The van der Waals surface area contributed by atoms with Crippen LogP contribution in [0.3, 0.4) is 0 Å². The highest BCUT2D eigenvalue weighted by molar-refractivity contribution is 5.96. The first-order valence-corrected chi connectivity index (χ1v) is 8.25. The van der Waals surface area contributed by atoms with E-state index in [4.69, 9.17) is 4.74 Å². The van der Waals surface area contributed by atoms with E-state index in [1.807, 2.05) is 33.8 Å². The highest BCUT2D eigenvalue weighted by atomic mass is 16.5. The molecule has 1 heterocycles. The summed E-state index contributed by atoms with van der Waals surface area (Å²) in [5.74, 6) is 0.624. The van der Waals surface area contributed by atoms with Crippen LogP contribution in [0.25, 0.3) is 0 Å². The molecular formula is C18H28N2O3. The van der Waals surface area contributed by atoms with Crippen molar-refractivity contribution in [2.24, 2.45) is 11.8 Å². The fourth-order valence-corrected chi connectivity index (χ4v) is 1.94. The van der Waals surface area contributed by atoms with Gasteiger partial charge in [0.05, 0.1) is 24.9 Å². The lowest BCUT2D eigenvalue weighted by atomic mass is 10.1. The van der Waals surface area contributed by atoms with Gasteiger partial charge in [0.2, 0.25) is 0 Å². The van der Waals surface area contributed by atoms with Crippen LogP contribution in [0.5, 0.6) is 0 Å². The summed E-state index contributed by atoms with van der Waals surface area (Å²) in [7, 11) is 0. The van der Waals surface area contributed by atoms with Gasteiger partial charge in [-0.25, -0.2) is 0 Å². The van der Waals surface area contributed by atoms with Crippen molar-refractivity contribution in [1.29, 1.82) is 0 Å². The zero-order valence-corrected chi connectivity index (χ0v) is 14.6. The Balaban J connectivity index is 2.16. The van der Waals surface area contributed by atoms with Crippen LogP contribution >= 0.6 is 0 Å². The quantitative estimate of drug-likeness (QED) is 0.356. The normalized spacial score (nSPS) is 11.7. The summed E-state index contributed by atoms with van der Waals surface area (Å²) < 4.78 is 7.22. The Morgan fingerprint density at radius 3 is 2.65 bits per heavy atom. The lowest BCUT2D eigenvalue weighted by molar-refractivity contribution is -0.115. The number of nitrogens with zero attached hydrogens (tertiary/aromatic N) is 2. The van der Waals surface area contributed by atoms with Crippen molar-refractivity contribution in [1.82, 2.24) is 9.78 Å². The predicted molar refractivity (Wildman–Crippen MR) is 90.4 cm³/mol. The highest BCUT2D eigenvalue weighted by Crippen LogP contribution is 2.07. The summed E-state index contributed by atoms with van der Waals surface area (Å²) in [5, 5.41) is 4.16. The number of ether oxygens (including phenoxy) is 1. The van der Waals surface area contributed by atoms with E-state index in [9.17, 15) is 9.59 Å². The monoisotopic (exact) mass is 320 g/mol. The molecule has 0 atom stereocenters. The predicted octanol–water partition coefficient (Wildman–Crippen LogP) is 3.30. The van der Waals surface area contributed by atoms with Crippen molar-refractivity contribution >= 4 is 11.6 Å². The molecule has 0 radical (unpaired) electrons. The zero-order chi connectivity index (χ0) is 17.2. The lowest BCUT2D eigenvalue weighted by Gasteiger charge is -2.04. The summed E-state index contributed by atoms with van der Waals surface area (Å²) in [4.78, 5) is 23.3. The maximum Gasteiger partial charge on any atom is 0.168 e. The number of hydrogen-bond donors (Lipinski definition) is 0. The van der Waals surface area contributed by atoms with Crippen LogP contribution in [0, 0.1) is 11.8 Å². The van der Waals surface area contributed by atoms with Crippen molar-refractivity contribution in [2.75, 3.05) is 13.2 Å².